The number of para-hydroxylation sites is 2. The second-order valence-corrected chi connectivity index (χ2v) is 11.4. The molecule has 6 heteroatoms. The molecular formula is C22H25NO4S. The first-order chi connectivity index (χ1) is 13.2. The van der Waals surface area contributed by atoms with E-state index in [1.807, 2.05) is 48.5 Å². The molecule has 0 bridgehead atoms. The topological polar surface area (TPSA) is 63.7 Å². The van der Waals surface area contributed by atoms with Crippen LogP contribution in [0.5, 0.6) is 11.5 Å². The molecule has 1 atom stereocenters. The number of benzene rings is 2. The van der Waals surface area contributed by atoms with Crippen molar-refractivity contribution in [1.29, 1.82) is 0 Å². The number of sulfone groups is 1. The molecule has 0 spiro atoms. The molecule has 0 aromatic heterocycles. The molecule has 2 aliphatic rings. The first-order valence-corrected chi connectivity index (χ1v) is 11.1. The van der Waals surface area contributed by atoms with Crippen LogP contribution in [0.2, 0.25) is 0 Å². The summed E-state index contributed by atoms with van der Waals surface area (Å²) in [5.74, 6) is 0.822. The molecule has 1 saturated heterocycles. The van der Waals surface area contributed by atoms with Gasteiger partial charge in [-0.05, 0) is 39.3 Å². The van der Waals surface area contributed by atoms with Gasteiger partial charge in [0.05, 0.1) is 15.9 Å². The number of nitrogens with zero attached hydrogens (tertiary/aromatic N) is 1. The smallest absolute Gasteiger partial charge is 0.234 e. The van der Waals surface area contributed by atoms with Gasteiger partial charge in [-0.25, -0.2) is 8.42 Å². The molecule has 1 fully saturated rings. The molecule has 0 unspecified atom stereocenters. The van der Waals surface area contributed by atoms with Crippen LogP contribution in [-0.4, -0.2) is 42.3 Å². The van der Waals surface area contributed by atoms with Crippen LogP contribution < -0.4 is 4.74 Å². The number of amides is 1. The fraction of sp³-hybridized carbons (Fsp3) is 0.409. The molecule has 2 aromatic rings. The van der Waals surface area contributed by atoms with Crippen molar-refractivity contribution < 1.29 is 17.9 Å². The number of ether oxygens (including phenoxy) is 1. The Hall–Kier alpha value is -2.34. The van der Waals surface area contributed by atoms with Crippen molar-refractivity contribution in [3.8, 4) is 11.5 Å². The van der Waals surface area contributed by atoms with Gasteiger partial charge < -0.3 is 9.64 Å². The Labute approximate surface area is 166 Å². The standard InChI is InChI=1S/C22H25NO4S/c1-22(2,3)28(25,26)15-12-13-23(14-15)21(24)20-16-8-4-6-10-18(16)27-19-11-7-5-9-17(19)20/h4-11,15,20H,12-14H2,1-3H3/t15-/m0/s1. The minimum atomic E-state index is -3.31. The Morgan fingerprint density at radius 1 is 1.00 bits per heavy atom. The summed E-state index contributed by atoms with van der Waals surface area (Å²) in [5.41, 5.74) is 1.65. The highest BCUT2D eigenvalue weighted by molar-refractivity contribution is 7.93. The quantitative estimate of drug-likeness (QED) is 0.772. The third-order valence-corrected chi connectivity index (χ3v) is 8.65. The highest BCUT2D eigenvalue weighted by Gasteiger charge is 2.44. The largest absolute Gasteiger partial charge is 0.457 e. The summed E-state index contributed by atoms with van der Waals surface area (Å²) in [7, 11) is -3.31. The molecule has 0 radical (unpaired) electrons. The third kappa shape index (κ3) is 3.00. The van der Waals surface area contributed by atoms with Gasteiger partial charge in [0.25, 0.3) is 0 Å². The minimum Gasteiger partial charge on any atom is -0.457 e. The van der Waals surface area contributed by atoms with Gasteiger partial charge in [-0.15, -0.1) is 0 Å². The van der Waals surface area contributed by atoms with E-state index in [2.05, 4.69) is 0 Å². The van der Waals surface area contributed by atoms with Crippen LogP contribution in [0.25, 0.3) is 0 Å². The molecule has 4 rings (SSSR count). The molecule has 0 N–H and O–H groups in total. The average molecular weight is 400 g/mol. The Balaban J connectivity index is 1.67. The SMILES string of the molecule is CC(C)(C)S(=O)(=O)[C@H]1CCN(C(=O)C2c3ccccc3Oc3ccccc32)C1. The van der Waals surface area contributed by atoms with Gasteiger partial charge in [0.15, 0.2) is 9.84 Å². The first kappa shape index (κ1) is 19.0. The van der Waals surface area contributed by atoms with E-state index in [1.54, 1.807) is 25.7 Å². The van der Waals surface area contributed by atoms with E-state index >= 15 is 0 Å². The molecule has 148 valence electrons. The first-order valence-electron chi connectivity index (χ1n) is 9.58. The molecule has 0 aliphatic carbocycles. The van der Waals surface area contributed by atoms with Gasteiger partial charge in [0.1, 0.15) is 11.5 Å². The molecule has 2 aromatic carbocycles. The number of likely N-dealkylation sites (tertiary alicyclic amines) is 1. The summed E-state index contributed by atoms with van der Waals surface area (Å²) >= 11 is 0. The zero-order valence-electron chi connectivity index (χ0n) is 16.4. The molecule has 2 aliphatic heterocycles. The van der Waals surface area contributed by atoms with E-state index in [0.29, 0.717) is 24.5 Å². The monoisotopic (exact) mass is 399 g/mol. The number of hydrogen-bond donors (Lipinski definition) is 0. The van der Waals surface area contributed by atoms with Gasteiger partial charge in [-0.2, -0.15) is 0 Å². The second kappa shape index (κ2) is 6.62. The van der Waals surface area contributed by atoms with E-state index in [0.717, 1.165) is 11.1 Å². The lowest BCUT2D eigenvalue weighted by molar-refractivity contribution is -0.130. The van der Waals surface area contributed by atoms with Crippen molar-refractivity contribution in [3.05, 3.63) is 59.7 Å². The number of rotatable bonds is 2. The van der Waals surface area contributed by atoms with Gasteiger partial charge in [0, 0.05) is 24.2 Å². The summed E-state index contributed by atoms with van der Waals surface area (Å²) in [6.45, 7) is 5.87. The van der Waals surface area contributed by atoms with Crippen molar-refractivity contribution in [2.24, 2.45) is 0 Å². The highest BCUT2D eigenvalue weighted by Crippen LogP contribution is 2.45. The van der Waals surface area contributed by atoms with Crippen LogP contribution in [0.4, 0.5) is 0 Å². The maximum Gasteiger partial charge on any atom is 0.234 e. The summed E-state index contributed by atoms with van der Waals surface area (Å²) in [6, 6.07) is 15.1. The lowest BCUT2D eigenvalue weighted by Crippen LogP contribution is -2.41. The van der Waals surface area contributed by atoms with Gasteiger partial charge in [-0.1, -0.05) is 36.4 Å². The van der Waals surface area contributed by atoms with E-state index in [9.17, 15) is 13.2 Å². The molecule has 1 amide bonds. The normalized spacial score (nSPS) is 19.7. The predicted molar refractivity (Wildman–Crippen MR) is 108 cm³/mol. The predicted octanol–water partition coefficient (Wildman–Crippen LogP) is 3.74. The highest BCUT2D eigenvalue weighted by atomic mass is 32.2. The van der Waals surface area contributed by atoms with E-state index in [4.69, 9.17) is 4.74 Å². The second-order valence-electron chi connectivity index (χ2n) is 8.46. The number of fused-ring (bicyclic) bond motifs is 2. The maximum absolute atomic E-state index is 13.5. The Morgan fingerprint density at radius 2 is 1.54 bits per heavy atom. The van der Waals surface area contributed by atoms with Crippen LogP contribution in [0.3, 0.4) is 0 Å². The summed E-state index contributed by atoms with van der Waals surface area (Å²) < 4.78 is 30.8. The Kier molecular flexibility index (Phi) is 4.49. The van der Waals surface area contributed by atoms with Crippen LogP contribution in [-0.2, 0) is 14.6 Å². The van der Waals surface area contributed by atoms with Crippen LogP contribution >= 0.6 is 0 Å². The maximum atomic E-state index is 13.5. The van der Waals surface area contributed by atoms with Crippen molar-refractivity contribution in [3.63, 3.8) is 0 Å². The van der Waals surface area contributed by atoms with Crippen LogP contribution in [0.1, 0.15) is 44.2 Å². The van der Waals surface area contributed by atoms with E-state index in [1.165, 1.54) is 0 Å². The van der Waals surface area contributed by atoms with Gasteiger partial charge in [0.2, 0.25) is 5.91 Å². The average Bonchev–Trinajstić information content (AvgIpc) is 3.15. The number of carbonyl (C=O) groups is 1. The van der Waals surface area contributed by atoms with Crippen LogP contribution in [0.15, 0.2) is 48.5 Å². The number of carbonyl (C=O) groups excluding carboxylic acids is 1. The minimum absolute atomic E-state index is 0.0604. The summed E-state index contributed by atoms with van der Waals surface area (Å²) in [4.78, 5) is 15.2. The lowest BCUT2D eigenvalue weighted by atomic mass is 9.87. The van der Waals surface area contributed by atoms with Crippen molar-refractivity contribution >= 4 is 15.7 Å². The van der Waals surface area contributed by atoms with Crippen molar-refractivity contribution in [2.45, 2.75) is 43.1 Å². The lowest BCUT2D eigenvalue weighted by Gasteiger charge is -2.30. The van der Waals surface area contributed by atoms with E-state index < -0.39 is 25.8 Å². The Bertz CT molecular complexity index is 977. The fourth-order valence-corrected chi connectivity index (χ4v) is 5.83. The van der Waals surface area contributed by atoms with Gasteiger partial charge >= 0.3 is 0 Å². The molecule has 28 heavy (non-hydrogen) atoms. The molecule has 0 saturated carbocycles. The fourth-order valence-electron chi connectivity index (χ4n) is 4.04. The van der Waals surface area contributed by atoms with Crippen LogP contribution in [0, 0.1) is 0 Å². The zero-order chi connectivity index (χ0) is 20.1. The summed E-state index contributed by atoms with van der Waals surface area (Å²) in [6.07, 6.45) is 0.484. The molecule has 2 heterocycles. The third-order valence-electron chi connectivity index (χ3n) is 5.68. The van der Waals surface area contributed by atoms with E-state index in [-0.39, 0.29) is 12.5 Å². The number of hydrogen-bond acceptors (Lipinski definition) is 4. The molecular weight excluding hydrogens is 374 g/mol. The van der Waals surface area contributed by atoms with Crippen molar-refractivity contribution in [1.82, 2.24) is 4.90 Å². The van der Waals surface area contributed by atoms with Crippen molar-refractivity contribution in [2.75, 3.05) is 13.1 Å². The molecule has 5 nitrogen and oxygen atoms in total. The summed E-state index contributed by atoms with van der Waals surface area (Å²) in [5, 5.41) is -0.512. The van der Waals surface area contributed by atoms with Gasteiger partial charge in [-0.3, -0.25) is 4.79 Å². The zero-order valence-corrected chi connectivity index (χ0v) is 17.2. The Morgan fingerprint density at radius 3 is 2.07 bits per heavy atom.